The number of aromatic nitrogens is 2. The summed E-state index contributed by atoms with van der Waals surface area (Å²) in [6.07, 6.45) is 1.56. The van der Waals surface area contributed by atoms with Gasteiger partial charge < -0.3 is 10.5 Å². The van der Waals surface area contributed by atoms with Gasteiger partial charge in [-0.2, -0.15) is 0 Å². The third kappa shape index (κ3) is 2.43. The predicted molar refractivity (Wildman–Crippen MR) is 68.5 cm³/mol. The van der Waals surface area contributed by atoms with Crippen LogP contribution in [0.1, 0.15) is 0 Å². The van der Waals surface area contributed by atoms with Gasteiger partial charge in [0.15, 0.2) is 5.82 Å². The van der Waals surface area contributed by atoms with Crippen molar-refractivity contribution in [1.82, 2.24) is 9.97 Å². The minimum Gasteiger partial charge on any atom is -0.494 e. The Bertz CT molecular complexity index is 560. The summed E-state index contributed by atoms with van der Waals surface area (Å²) in [5.74, 6) is 1.26. The van der Waals surface area contributed by atoms with Gasteiger partial charge in [-0.3, -0.25) is 0 Å². The third-order valence-electron chi connectivity index (χ3n) is 2.13. The molecule has 88 valence electrons. The molecule has 1 aromatic carbocycles. The first-order valence-electron chi connectivity index (χ1n) is 4.73. The van der Waals surface area contributed by atoms with E-state index < -0.39 is 0 Å². The van der Waals surface area contributed by atoms with Gasteiger partial charge in [-0.05, 0) is 18.2 Å². The van der Waals surface area contributed by atoms with E-state index in [2.05, 4.69) is 9.97 Å². The summed E-state index contributed by atoms with van der Waals surface area (Å²) in [6, 6.07) is 4.88. The predicted octanol–water partition coefficient (Wildman–Crippen LogP) is 3.04. The van der Waals surface area contributed by atoms with Crippen LogP contribution in [0.25, 0.3) is 11.4 Å². The van der Waals surface area contributed by atoms with Crippen molar-refractivity contribution < 1.29 is 4.74 Å². The van der Waals surface area contributed by atoms with Crippen molar-refractivity contribution in [2.24, 2.45) is 0 Å². The Morgan fingerprint density at radius 2 is 2.06 bits per heavy atom. The van der Waals surface area contributed by atoms with Crippen molar-refractivity contribution >= 4 is 29.0 Å². The molecular weight excluding hydrogens is 261 g/mol. The molecule has 0 spiro atoms. The second-order valence-corrected chi connectivity index (χ2v) is 4.12. The maximum Gasteiger partial charge on any atom is 0.165 e. The highest BCUT2D eigenvalue weighted by Gasteiger charge is 2.14. The Labute approximate surface area is 108 Å². The quantitative estimate of drug-likeness (QED) is 0.911. The van der Waals surface area contributed by atoms with Crippen LogP contribution in [0.4, 0.5) is 5.82 Å². The lowest BCUT2D eigenvalue weighted by atomic mass is 10.2. The van der Waals surface area contributed by atoms with Crippen molar-refractivity contribution in [2.75, 3.05) is 12.8 Å². The number of hydrogen-bond acceptors (Lipinski definition) is 4. The molecule has 17 heavy (non-hydrogen) atoms. The van der Waals surface area contributed by atoms with E-state index >= 15 is 0 Å². The van der Waals surface area contributed by atoms with Crippen LogP contribution in [0, 0.1) is 0 Å². The average Bonchev–Trinajstić information content (AvgIpc) is 2.28. The first-order valence-corrected chi connectivity index (χ1v) is 5.49. The number of hydrogen-bond donors (Lipinski definition) is 1. The minimum absolute atomic E-state index is 0.369. The topological polar surface area (TPSA) is 61.0 Å². The number of halogens is 2. The zero-order valence-corrected chi connectivity index (χ0v) is 10.5. The summed E-state index contributed by atoms with van der Waals surface area (Å²) in [5.41, 5.74) is 6.21. The van der Waals surface area contributed by atoms with Crippen molar-refractivity contribution in [3.05, 3.63) is 34.4 Å². The molecular formula is C11H9Cl2N3O. The number of benzene rings is 1. The fourth-order valence-electron chi connectivity index (χ4n) is 1.44. The van der Waals surface area contributed by atoms with Crippen molar-refractivity contribution in [3.8, 4) is 17.1 Å². The molecule has 0 aliphatic rings. The minimum atomic E-state index is 0.369. The molecule has 2 N–H and O–H groups in total. The lowest BCUT2D eigenvalue weighted by Gasteiger charge is -2.10. The van der Waals surface area contributed by atoms with Gasteiger partial charge in [-0.15, -0.1) is 0 Å². The molecule has 4 nitrogen and oxygen atoms in total. The van der Waals surface area contributed by atoms with E-state index in [4.69, 9.17) is 33.7 Å². The first kappa shape index (κ1) is 12.0. The standard InChI is InChI=1S/C11H9Cl2N3O/c1-17-10-7(4-6(12)5-8(10)13)11-15-3-2-9(14)16-11/h2-5H,1H3,(H2,14,15,16). The summed E-state index contributed by atoms with van der Waals surface area (Å²) in [7, 11) is 1.52. The summed E-state index contributed by atoms with van der Waals surface area (Å²) in [4.78, 5) is 8.22. The van der Waals surface area contributed by atoms with Crippen LogP contribution < -0.4 is 10.5 Å². The molecule has 0 aliphatic heterocycles. The third-order valence-corrected chi connectivity index (χ3v) is 2.63. The maximum absolute atomic E-state index is 6.03. The molecule has 0 unspecified atom stereocenters. The van der Waals surface area contributed by atoms with E-state index in [0.29, 0.717) is 33.0 Å². The first-order chi connectivity index (χ1) is 8.11. The van der Waals surface area contributed by atoms with E-state index in [9.17, 15) is 0 Å². The molecule has 1 aromatic heterocycles. The fourth-order valence-corrected chi connectivity index (χ4v) is 2.01. The van der Waals surface area contributed by atoms with Crippen LogP contribution >= 0.6 is 23.2 Å². The average molecular weight is 270 g/mol. The second-order valence-electron chi connectivity index (χ2n) is 3.27. The Hall–Kier alpha value is -1.52. The van der Waals surface area contributed by atoms with E-state index in [-0.39, 0.29) is 0 Å². The molecule has 0 radical (unpaired) electrons. The van der Waals surface area contributed by atoms with Gasteiger partial charge in [0, 0.05) is 11.2 Å². The highest BCUT2D eigenvalue weighted by Crippen LogP contribution is 2.37. The van der Waals surface area contributed by atoms with Crippen molar-refractivity contribution in [3.63, 3.8) is 0 Å². The number of nitrogens with zero attached hydrogens (tertiary/aromatic N) is 2. The van der Waals surface area contributed by atoms with Crippen LogP contribution in [0.2, 0.25) is 10.0 Å². The van der Waals surface area contributed by atoms with E-state index in [1.54, 1.807) is 24.4 Å². The van der Waals surface area contributed by atoms with Crippen LogP contribution in [-0.4, -0.2) is 17.1 Å². The molecule has 1 heterocycles. The van der Waals surface area contributed by atoms with Gasteiger partial charge in [0.2, 0.25) is 0 Å². The monoisotopic (exact) mass is 269 g/mol. The van der Waals surface area contributed by atoms with Crippen LogP contribution in [-0.2, 0) is 0 Å². The Morgan fingerprint density at radius 3 is 2.71 bits per heavy atom. The number of rotatable bonds is 2. The number of anilines is 1. The lowest BCUT2D eigenvalue weighted by molar-refractivity contribution is 0.416. The summed E-state index contributed by atoms with van der Waals surface area (Å²) in [6.45, 7) is 0. The van der Waals surface area contributed by atoms with Crippen molar-refractivity contribution in [1.29, 1.82) is 0 Å². The molecule has 0 bridgehead atoms. The maximum atomic E-state index is 6.03. The van der Waals surface area contributed by atoms with Gasteiger partial charge in [0.25, 0.3) is 0 Å². The normalized spacial score (nSPS) is 10.3. The molecule has 0 aliphatic carbocycles. The number of methoxy groups -OCH3 is 1. The van der Waals surface area contributed by atoms with Gasteiger partial charge in [-0.1, -0.05) is 23.2 Å². The molecule has 0 amide bonds. The number of nitrogens with two attached hydrogens (primary N) is 1. The fraction of sp³-hybridized carbons (Fsp3) is 0.0909. The number of ether oxygens (including phenoxy) is 1. The smallest absolute Gasteiger partial charge is 0.165 e. The molecule has 6 heteroatoms. The number of nitrogen functional groups attached to an aromatic ring is 1. The van der Waals surface area contributed by atoms with Crippen LogP contribution in [0.3, 0.4) is 0 Å². The van der Waals surface area contributed by atoms with Gasteiger partial charge in [-0.25, -0.2) is 9.97 Å². The summed E-state index contributed by atoms with van der Waals surface area (Å²) in [5, 5.41) is 0.887. The molecule has 0 saturated carbocycles. The highest BCUT2D eigenvalue weighted by atomic mass is 35.5. The molecule has 2 aromatic rings. The molecule has 2 rings (SSSR count). The lowest BCUT2D eigenvalue weighted by Crippen LogP contribution is -1.97. The van der Waals surface area contributed by atoms with E-state index in [1.165, 1.54) is 7.11 Å². The summed E-state index contributed by atoms with van der Waals surface area (Å²) < 4.78 is 5.21. The van der Waals surface area contributed by atoms with Gasteiger partial charge >= 0.3 is 0 Å². The Kier molecular flexibility index (Phi) is 3.36. The largest absolute Gasteiger partial charge is 0.494 e. The Morgan fingerprint density at radius 1 is 1.29 bits per heavy atom. The second kappa shape index (κ2) is 4.77. The van der Waals surface area contributed by atoms with Crippen molar-refractivity contribution in [2.45, 2.75) is 0 Å². The van der Waals surface area contributed by atoms with E-state index in [0.717, 1.165) is 0 Å². The molecule has 0 saturated heterocycles. The highest BCUT2D eigenvalue weighted by molar-refractivity contribution is 6.36. The zero-order valence-electron chi connectivity index (χ0n) is 8.95. The van der Waals surface area contributed by atoms with Gasteiger partial charge in [0.1, 0.15) is 11.6 Å². The molecule has 0 fully saturated rings. The zero-order chi connectivity index (χ0) is 12.4. The Balaban J connectivity index is 2.65. The van der Waals surface area contributed by atoms with E-state index in [1.807, 2.05) is 0 Å². The molecule has 0 atom stereocenters. The van der Waals surface area contributed by atoms with Gasteiger partial charge in [0.05, 0.1) is 17.7 Å². The van der Waals surface area contributed by atoms with Crippen LogP contribution in [0.15, 0.2) is 24.4 Å². The SMILES string of the molecule is COc1c(Cl)cc(Cl)cc1-c1nccc(N)n1. The van der Waals surface area contributed by atoms with Crippen LogP contribution in [0.5, 0.6) is 5.75 Å². The summed E-state index contributed by atoms with van der Waals surface area (Å²) >= 11 is 12.0.